The quantitative estimate of drug-likeness (QED) is 0.527. The van der Waals surface area contributed by atoms with Crippen LogP contribution in [-0.4, -0.2) is 6.54 Å². The second-order valence-electron chi connectivity index (χ2n) is 1.68. The maximum absolute atomic E-state index is 5.23. The predicted octanol–water partition coefficient (Wildman–Crippen LogP) is 0.777. The van der Waals surface area contributed by atoms with Crippen molar-refractivity contribution in [2.24, 2.45) is 11.7 Å². The van der Waals surface area contributed by atoms with Crippen LogP contribution in [0.5, 0.6) is 0 Å². The molecule has 0 aliphatic heterocycles. The van der Waals surface area contributed by atoms with Crippen molar-refractivity contribution < 1.29 is 0 Å². The number of hydrogen-bond acceptors (Lipinski definition) is 1. The topological polar surface area (TPSA) is 26.0 Å². The Morgan fingerprint density at radius 1 is 1.50 bits per heavy atom. The Morgan fingerprint density at radius 3 is 2.00 bits per heavy atom. The smallest absolute Gasteiger partial charge is 0.00489 e. The first-order chi connectivity index (χ1) is 2.43. The molecule has 1 saturated carbocycles. The van der Waals surface area contributed by atoms with E-state index in [1.807, 2.05) is 0 Å². The number of rotatable bonds is 1. The van der Waals surface area contributed by atoms with E-state index in [9.17, 15) is 0 Å². The lowest BCUT2D eigenvalue weighted by Gasteiger charge is -1.74. The Morgan fingerprint density at radius 2 is 2.00 bits per heavy atom. The molecule has 0 aromatic heterocycles. The van der Waals surface area contributed by atoms with Crippen LogP contribution in [-0.2, 0) is 0 Å². The zero-order chi connectivity index (χ0) is 3.70. The molecule has 1 aliphatic rings. The standard InChI is InChI=1S/C4H9N.ClH/c5-3-4-1-2-4;/h4H,1-3,5H2;1H. The van der Waals surface area contributed by atoms with Crippen molar-refractivity contribution in [1.82, 2.24) is 0 Å². The van der Waals surface area contributed by atoms with E-state index in [1.165, 1.54) is 12.8 Å². The van der Waals surface area contributed by atoms with E-state index < -0.39 is 0 Å². The van der Waals surface area contributed by atoms with Crippen LogP contribution >= 0.6 is 12.4 Å². The van der Waals surface area contributed by atoms with Crippen LogP contribution in [0.3, 0.4) is 0 Å². The molecule has 0 atom stereocenters. The molecular weight excluding hydrogens is 97.5 g/mol. The molecule has 0 amide bonds. The Balaban J connectivity index is 0.000000250. The van der Waals surface area contributed by atoms with Gasteiger partial charge in [-0.25, -0.2) is 0 Å². The molecule has 0 unspecified atom stereocenters. The molecule has 1 nitrogen and oxygen atoms in total. The fraction of sp³-hybridized carbons (Fsp3) is 1.00. The summed E-state index contributed by atoms with van der Waals surface area (Å²) in [5.74, 6) is 0.912. The average molecular weight is 108 g/mol. The van der Waals surface area contributed by atoms with Gasteiger partial charge in [0.15, 0.2) is 0 Å². The van der Waals surface area contributed by atoms with Crippen molar-refractivity contribution >= 4 is 12.4 Å². The highest BCUT2D eigenvalue weighted by atomic mass is 35.5. The van der Waals surface area contributed by atoms with Gasteiger partial charge in [0.2, 0.25) is 0 Å². The monoisotopic (exact) mass is 107 g/mol. The molecule has 0 aromatic carbocycles. The zero-order valence-corrected chi connectivity index (χ0v) is 4.50. The van der Waals surface area contributed by atoms with Crippen LogP contribution in [0.4, 0.5) is 0 Å². The van der Waals surface area contributed by atoms with Gasteiger partial charge in [0.25, 0.3) is 0 Å². The Labute approximate surface area is 44.3 Å². The van der Waals surface area contributed by atoms with Crippen molar-refractivity contribution in [3.05, 3.63) is 0 Å². The minimum Gasteiger partial charge on any atom is -0.330 e. The normalized spacial score (nSPS) is 19.5. The van der Waals surface area contributed by atoms with Crippen LogP contribution in [0, 0.1) is 5.92 Å². The molecule has 38 valence electrons. The molecule has 1 rings (SSSR count). The van der Waals surface area contributed by atoms with Crippen molar-refractivity contribution in [3.8, 4) is 0 Å². The van der Waals surface area contributed by atoms with E-state index in [0.717, 1.165) is 12.5 Å². The third-order valence-corrected chi connectivity index (χ3v) is 1.03. The number of nitrogens with two attached hydrogens (primary N) is 1. The number of hydrogen-bond donors (Lipinski definition) is 1. The Hall–Kier alpha value is 0.250. The molecular formula is C4H10ClN. The molecule has 0 saturated heterocycles. The van der Waals surface area contributed by atoms with Gasteiger partial charge in [0.1, 0.15) is 0 Å². The van der Waals surface area contributed by atoms with Gasteiger partial charge in [-0.3, -0.25) is 0 Å². The minimum atomic E-state index is 0. The van der Waals surface area contributed by atoms with Gasteiger partial charge in [-0.2, -0.15) is 0 Å². The van der Waals surface area contributed by atoms with Crippen molar-refractivity contribution in [3.63, 3.8) is 0 Å². The van der Waals surface area contributed by atoms with Gasteiger partial charge in [-0.1, -0.05) is 0 Å². The molecule has 1 fully saturated rings. The summed E-state index contributed by atoms with van der Waals surface area (Å²) in [7, 11) is 0. The van der Waals surface area contributed by atoms with Crippen molar-refractivity contribution in [2.45, 2.75) is 12.8 Å². The lowest BCUT2D eigenvalue weighted by atomic mass is 10.5. The fourth-order valence-electron chi connectivity index (χ4n) is 0.354. The molecule has 0 aromatic rings. The second kappa shape index (κ2) is 2.43. The average Bonchev–Trinajstić information content (AvgIpc) is 2.12. The van der Waals surface area contributed by atoms with Crippen LogP contribution in [0.15, 0.2) is 0 Å². The highest BCUT2D eigenvalue weighted by Gasteiger charge is 2.17. The van der Waals surface area contributed by atoms with Crippen molar-refractivity contribution in [1.29, 1.82) is 0 Å². The molecule has 0 bridgehead atoms. The summed E-state index contributed by atoms with van der Waals surface area (Å²) in [6.45, 7) is 0.917. The van der Waals surface area contributed by atoms with E-state index in [1.54, 1.807) is 0 Å². The van der Waals surface area contributed by atoms with Gasteiger partial charge in [-0.15, -0.1) is 12.4 Å². The van der Waals surface area contributed by atoms with Gasteiger partial charge in [-0.05, 0) is 25.3 Å². The van der Waals surface area contributed by atoms with Gasteiger partial charge in [0.05, 0.1) is 0 Å². The van der Waals surface area contributed by atoms with Gasteiger partial charge in [0, 0.05) is 0 Å². The Kier molecular flexibility index (Phi) is 2.53. The molecule has 0 radical (unpaired) electrons. The summed E-state index contributed by atoms with van der Waals surface area (Å²) < 4.78 is 0. The molecule has 0 spiro atoms. The fourth-order valence-corrected chi connectivity index (χ4v) is 0.354. The minimum absolute atomic E-state index is 0. The van der Waals surface area contributed by atoms with E-state index in [2.05, 4.69) is 0 Å². The third-order valence-electron chi connectivity index (χ3n) is 1.03. The van der Waals surface area contributed by atoms with E-state index in [-0.39, 0.29) is 12.4 Å². The van der Waals surface area contributed by atoms with Gasteiger partial charge >= 0.3 is 0 Å². The summed E-state index contributed by atoms with van der Waals surface area (Å²) in [6.07, 6.45) is 2.77. The molecule has 2 heteroatoms. The summed E-state index contributed by atoms with van der Waals surface area (Å²) in [6, 6.07) is 0. The van der Waals surface area contributed by atoms with E-state index >= 15 is 0 Å². The predicted molar refractivity (Wildman–Crippen MR) is 29.0 cm³/mol. The van der Waals surface area contributed by atoms with Crippen LogP contribution < -0.4 is 5.73 Å². The molecule has 6 heavy (non-hydrogen) atoms. The van der Waals surface area contributed by atoms with E-state index in [0.29, 0.717) is 0 Å². The summed E-state index contributed by atoms with van der Waals surface area (Å²) >= 11 is 0. The van der Waals surface area contributed by atoms with Gasteiger partial charge < -0.3 is 5.73 Å². The highest BCUT2D eigenvalue weighted by molar-refractivity contribution is 5.85. The first-order valence-corrected chi connectivity index (χ1v) is 2.13. The summed E-state index contributed by atoms with van der Waals surface area (Å²) in [5.41, 5.74) is 5.23. The first kappa shape index (κ1) is 6.25. The summed E-state index contributed by atoms with van der Waals surface area (Å²) in [4.78, 5) is 0. The highest BCUT2D eigenvalue weighted by Crippen LogP contribution is 2.26. The van der Waals surface area contributed by atoms with Crippen LogP contribution in [0.25, 0.3) is 0 Å². The molecule has 2 N–H and O–H groups in total. The largest absolute Gasteiger partial charge is 0.330 e. The van der Waals surface area contributed by atoms with Crippen molar-refractivity contribution in [2.75, 3.05) is 6.54 Å². The SMILES string of the molecule is Cl.NCC1CC1. The second-order valence-corrected chi connectivity index (χ2v) is 1.68. The lowest BCUT2D eigenvalue weighted by molar-refractivity contribution is 0.847. The maximum atomic E-state index is 5.23. The third kappa shape index (κ3) is 1.63. The van der Waals surface area contributed by atoms with E-state index in [4.69, 9.17) is 5.73 Å². The Bertz CT molecular complexity index is 34.5. The lowest BCUT2D eigenvalue weighted by Crippen LogP contribution is -1.98. The zero-order valence-electron chi connectivity index (χ0n) is 3.68. The first-order valence-electron chi connectivity index (χ1n) is 2.13. The summed E-state index contributed by atoms with van der Waals surface area (Å²) in [5, 5.41) is 0. The maximum Gasteiger partial charge on any atom is -0.00489 e. The number of halogens is 1. The molecule has 0 heterocycles. The van der Waals surface area contributed by atoms with Crippen LogP contribution in [0.1, 0.15) is 12.8 Å². The molecule has 1 aliphatic carbocycles. The van der Waals surface area contributed by atoms with Crippen LogP contribution in [0.2, 0.25) is 0 Å².